The zero-order chi connectivity index (χ0) is 18.8. The van der Waals surface area contributed by atoms with E-state index in [2.05, 4.69) is 10.2 Å². The van der Waals surface area contributed by atoms with Crippen LogP contribution in [-0.2, 0) is 12.7 Å². The molecule has 0 aromatic heterocycles. The average molecular weight is 357 g/mol. The summed E-state index contributed by atoms with van der Waals surface area (Å²) in [6, 6.07) is 4.11. The summed E-state index contributed by atoms with van der Waals surface area (Å²) in [6.45, 7) is 5.30. The van der Waals surface area contributed by atoms with Crippen molar-refractivity contribution in [2.75, 3.05) is 27.2 Å². The van der Waals surface area contributed by atoms with Gasteiger partial charge in [-0.1, -0.05) is 6.07 Å². The van der Waals surface area contributed by atoms with Crippen molar-refractivity contribution in [3.63, 3.8) is 0 Å². The molecule has 1 amide bonds. The quantitative estimate of drug-likeness (QED) is 0.880. The van der Waals surface area contributed by atoms with Crippen LogP contribution in [0.5, 0.6) is 0 Å². The summed E-state index contributed by atoms with van der Waals surface area (Å²) >= 11 is 0. The lowest BCUT2D eigenvalue weighted by molar-refractivity contribution is -0.138. The number of carbonyl (C=O) groups is 1. The van der Waals surface area contributed by atoms with Crippen LogP contribution in [0.1, 0.15) is 41.8 Å². The van der Waals surface area contributed by atoms with Crippen LogP contribution in [0.4, 0.5) is 13.2 Å². The Labute approximate surface area is 147 Å². The van der Waals surface area contributed by atoms with Gasteiger partial charge in [-0.05, 0) is 52.1 Å². The number of benzene rings is 1. The molecule has 0 aliphatic carbocycles. The van der Waals surface area contributed by atoms with Gasteiger partial charge in [-0.2, -0.15) is 13.2 Å². The molecule has 0 bridgehead atoms. The number of carbonyl (C=O) groups excluding carboxylic acids is 1. The second kappa shape index (κ2) is 7.74. The summed E-state index contributed by atoms with van der Waals surface area (Å²) in [4.78, 5) is 16.1. The van der Waals surface area contributed by atoms with E-state index < -0.39 is 17.6 Å². The maximum atomic E-state index is 13.5. The molecule has 2 rings (SSSR count). The average Bonchev–Trinajstić information content (AvgIpc) is 2.94. The molecule has 1 atom stereocenters. The zero-order valence-corrected chi connectivity index (χ0v) is 15.2. The number of rotatable bonds is 5. The van der Waals surface area contributed by atoms with Crippen LogP contribution in [0.15, 0.2) is 18.2 Å². The number of alkyl halides is 3. The molecule has 1 saturated heterocycles. The fourth-order valence-electron chi connectivity index (χ4n) is 3.08. The Morgan fingerprint density at radius 3 is 2.56 bits per heavy atom. The number of hydrogen-bond donors (Lipinski definition) is 1. The van der Waals surface area contributed by atoms with Crippen molar-refractivity contribution in [3.05, 3.63) is 34.9 Å². The summed E-state index contributed by atoms with van der Waals surface area (Å²) in [5, 5.41) is 2.63. The van der Waals surface area contributed by atoms with E-state index in [-0.39, 0.29) is 23.7 Å². The Bertz CT molecular complexity index is 614. The van der Waals surface area contributed by atoms with E-state index >= 15 is 0 Å². The SMILES string of the molecule is CC(C)NC(=O)c1ccc(CN2CC[C@H](N(C)C)C2)c(C(F)(F)F)c1. The van der Waals surface area contributed by atoms with E-state index in [1.807, 2.05) is 19.0 Å². The maximum absolute atomic E-state index is 13.5. The smallest absolute Gasteiger partial charge is 0.350 e. The predicted octanol–water partition coefficient (Wildman–Crippen LogP) is 2.98. The number of hydrogen-bond acceptors (Lipinski definition) is 3. The number of halogens is 3. The molecule has 7 heteroatoms. The van der Waals surface area contributed by atoms with Crippen molar-refractivity contribution >= 4 is 5.91 Å². The van der Waals surface area contributed by atoms with Gasteiger partial charge in [0.25, 0.3) is 5.91 Å². The third-order valence-electron chi connectivity index (χ3n) is 4.47. The van der Waals surface area contributed by atoms with Gasteiger partial charge >= 0.3 is 6.18 Å². The highest BCUT2D eigenvalue weighted by Crippen LogP contribution is 2.34. The van der Waals surface area contributed by atoms with Gasteiger partial charge in [0.05, 0.1) is 5.56 Å². The Kier molecular flexibility index (Phi) is 6.11. The molecule has 0 spiro atoms. The summed E-state index contributed by atoms with van der Waals surface area (Å²) < 4.78 is 40.4. The Hall–Kier alpha value is -1.60. The fourth-order valence-corrected chi connectivity index (χ4v) is 3.08. The van der Waals surface area contributed by atoms with Gasteiger partial charge in [0, 0.05) is 37.3 Å². The Balaban J connectivity index is 2.22. The van der Waals surface area contributed by atoms with E-state index in [9.17, 15) is 18.0 Å². The molecular weight excluding hydrogens is 331 g/mol. The highest BCUT2D eigenvalue weighted by molar-refractivity contribution is 5.94. The van der Waals surface area contributed by atoms with E-state index in [1.165, 1.54) is 12.1 Å². The second-order valence-corrected chi connectivity index (χ2v) is 7.14. The van der Waals surface area contributed by atoms with Crippen molar-refractivity contribution in [2.45, 2.75) is 45.1 Å². The van der Waals surface area contributed by atoms with Gasteiger partial charge in [0.1, 0.15) is 0 Å². The van der Waals surface area contributed by atoms with Gasteiger partial charge in [-0.25, -0.2) is 0 Å². The molecule has 1 heterocycles. The molecule has 1 N–H and O–H groups in total. The molecule has 1 aromatic rings. The maximum Gasteiger partial charge on any atom is 0.416 e. The minimum absolute atomic E-state index is 0.0392. The van der Waals surface area contributed by atoms with Crippen LogP contribution in [0.2, 0.25) is 0 Å². The van der Waals surface area contributed by atoms with Gasteiger partial charge in [0.2, 0.25) is 0 Å². The van der Waals surface area contributed by atoms with Gasteiger partial charge in [0.15, 0.2) is 0 Å². The van der Waals surface area contributed by atoms with E-state index in [0.29, 0.717) is 6.04 Å². The summed E-state index contributed by atoms with van der Waals surface area (Å²) in [6.07, 6.45) is -3.53. The van der Waals surface area contributed by atoms with Crippen molar-refractivity contribution in [2.24, 2.45) is 0 Å². The normalized spacial score (nSPS) is 19.0. The van der Waals surface area contributed by atoms with Crippen molar-refractivity contribution < 1.29 is 18.0 Å². The summed E-state index contributed by atoms with van der Waals surface area (Å²) in [5.74, 6) is -0.485. The minimum atomic E-state index is -4.48. The highest BCUT2D eigenvalue weighted by atomic mass is 19.4. The van der Waals surface area contributed by atoms with Crippen LogP contribution >= 0.6 is 0 Å². The molecule has 0 unspecified atom stereocenters. The fraction of sp³-hybridized carbons (Fsp3) is 0.611. The summed E-state index contributed by atoms with van der Waals surface area (Å²) in [7, 11) is 3.97. The van der Waals surface area contributed by atoms with Crippen LogP contribution in [0.3, 0.4) is 0 Å². The van der Waals surface area contributed by atoms with Crippen LogP contribution in [-0.4, -0.2) is 55.0 Å². The zero-order valence-electron chi connectivity index (χ0n) is 15.2. The molecule has 4 nitrogen and oxygen atoms in total. The topological polar surface area (TPSA) is 35.6 Å². The molecule has 140 valence electrons. The number of nitrogens with one attached hydrogen (secondary N) is 1. The Morgan fingerprint density at radius 1 is 1.36 bits per heavy atom. The largest absolute Gasteiger partial charge is 0.416 e. The molecular formula is C18H26F3N3O. The van der Waals surface area contributed by atoms with E-state index in [0.717, 1.165) is 25.6 Å². The lowest BCUT2D eigenvalue weighted by Gasteiger charge is -2.22. The first-order chi connectivity index (χ1) is 11.6. The third kappa shape index (κ3) is 5.19. The standard InChI is InChI=1S/C18H26F3N3O/c1-12(2)22-17(25)13-5-6-14(16(9-13)18(19,20)21)10-24-8-7-15(11-24)23(3)4/h5-6,9,12,15H,7-8,10-11H2,1-4H3,(H,22,25)/t15-/m0/s1. The second-order valence-electron chi connectivity index (χ2n) is 7.14. The number of likely N-dealkylation sites (N-methyl/N-ethyl adjacent to an activating group) is 1. The first kappa shape index (κ1) is 19.7. The van der Waals surface area contributed by atoms with Crippen molar-refractivity contribution in [3.8, 4) is 0 Å². The highest BCUT2D eigenvalue weighted by Gasteiger charge is 2.35. The third-order valence-corrected chi connectivity index (χ3v) is 4.47. The van der Waals surface area contributed by atoms with E-state index in [4.69, 9.17) is 0 Å². The molecule has 1 fully saturated rings. The molecule has 25 heavy (non-hydrogen) atoms. The lowest BCUT2D eigenvalue weighted by atomic mass is 10.0. The summed E-state index contributed by atoms with van der Waals surface area (Å²) in [5.41, 5.74) is -0.470. The van der Waals surface area contributed by atoms with Gasteiger partial charge < -0.3 is 10.2 Å². The molecule has 1 aliphatic rings. The van der Waals surface area contributed by atoms with Crippen molar-refractivity contribution in [1.82, 2.24) is 15.1 Å². The van der Waals surface area contributed by atoms with Gasteiger partial charge in [-0.3, -0.25) is 9.69 Å². The number of nitrogens with zero attached hydrogens (tertiary/aromatic N) is 2. The molecule has 0 radical (unpaired) electrons. The molecule has 1 aromatic carbocycles. The predicted molar refractivity (Wildman–Crippen MR) is 91.4 cm³/mol. The number of amides is 1. The number of likely N-dealkylation sites (tertiary alicyclic amines) is 1. The first-order valence-corrected chi connectivity index (χ1v) is 8.47. The van der Waals surface area contributed by atoms with Crippen molar-refractivity contribution in [1.29, 1.82) is 0 Å². The van der Waals surface area contributed by atoms with E-state index in [1.54, 1.807) is 13.8 Å². The molecule has 0 saturated carbocycles. The first-order valence-electron chi connectivity index (χ1n) is 8.47. The van der Waals surface area contributed by atoms with Crippen LogP contribution in [0.25, 0.3) is 0 Å². The molecule has 1 aliphatic heterocycles. The van der Waals surface area contributed by atoms with Crippen LogP contribution in [0, 0.1) is 0 Å². The van der Waals surface area contributed by atoms with Crippen LogP contribution < -0.4 is 5.32 Å². The Morgan fingerprint density at radius 2 is 2.04 bits per heavy atom. The lowest BCUT2D eigenvalue weighted by Crippen LogP contribution is -2.32. The van der Waals surface area contributed by atoms with Gasteiger partial charge in [-0.15, -0.1) is 0 Å². The minimum Gasteiger partial charge on any atom is -0.350 e. The monoisotopic (exact) mass is 357 g/mol.